The van der Waals surface area contributed by atoms with Crippen LogP contribution in [0.15, 0.2) is 60.7 Å². The van der Waals surface area contributed by atoms with Gasteiger partial charge in [0.05, 0.1) is 5.54 Å². The largest absolute Gasteiger partial charge is 0.366 e. The maximum atomic E-state index is 11.7. The molecule has 3 heteroatoms. The first-order valence-electron chi connectivity index (χ1n) is 7.93. The van der Waals surface area contributed by atoms with Gasteiger partial charge in [-0.3, -0.25) is 4.79 Å². The van der Waals surface area contributed by atoms with Crippen LogP contribution >= 0.6 is 0 Å². The van der Waals surface area contributed by atoms with Crippen LogP contribution in [0.4, 0.5) is 0 Å². The van der Waals surface area contributed by atoms with Gasteiger partial charge in [-0.1, -0.05) is 60.4 Å². The van der Waals surface area contributed by atoms with E-state index in [1.54, 1.807) is 12.0 Å². The highest BCUT2D eigenvalue weighted by Crippen LogP contribution is 2.22. The minimum atomic E-state index is -0.561. The summed E-state index contributed by atoms with van der Waals surface area (Å²) in [5.74, 6) is 6.28. The lowest BCUT2D eigenvalue weighted by Gasteiger charge is -2.39. The zero-order valence-electron chi connectivity index (χ0n) is 14.4. The van der Waals surface area contributed by atoms with Crippen molar-refractivity contribution in [3.8, 4) is 11.8 Å². The second kappa shape index (κ2) is 8.33. The van der Waals surface area contributed by atoms with E-state index < -0.39 is 11.6 Å². The van der Waals surface area contributed by atoms with Gasteiger partial charge in [-0.25, -0.2) is 0 Å². The van der Waals surface area contributed by atoms with Crippen LogP contribution in [0, 0.1) is 11.8 Å². The Bertz CT molecular complexity index is 699. The predicted octanol–water partition coefficient (Wildman–Crippen LogP) is 3.49. The summed E-state index contributed by atoms with van der Waals surface area (Å²) in [5, 5.41) is 0. The van der Waals surface area contributed by atoms with E-state index in [1.165, 1.54) is 0 Å². The van der Waals surface area contributed by atoms with E-state index in [4.69, 9.17) is 4.74 Å². The number of benzene rings is 2. The second-order valence-electron chi connectivity index (χ2n) is 6.12. The summed E-state index contributed by atoms with van der Waals surface area (Å²) in [6.45, 7) is 4.46. The zero-order valence-corrected chi connectivity index (χ0v) is 14.4. The Hall–Kier alpha value is -2.57. The molecule has 0 saturated carbocycles. The van der Waals surface area contributed by atoms with Gasteiger partial charge >= 0.3 is 0 Å². The topological polar surface area (TPSA) is 29.5 Å². The van der Waals surface area contributed by atoms with Gasteiger partial charge in [0, 0.05) is 19.2 Å². The Balaban J connectivity index is 2.20. The molecule has 0 bridgehead atoms. The Kier molecular flexibility index (Phi) is 6.17. The van der Waals surface area contributed by atoms with Crippen LogP contribution in [0.5, 0.6) is 0 Å². The van der Waals surface area contributed by atoms with E-state index >= 15 is 0 Å². The molecule has 24 heavy (non-hydrogen) atoms. The molecule has 2 aromatic rings. The van der Waals surface area contributed by atoms with Crippen molar-refractivity contribution in [3.05, 3.63) is 71.8 Å². The fraction of sp³-hybridized carbons (Fsp3) is 0.286. The fourth-order valence-electron chi connectivity index (χ4n) is 2.50. The van der Waals surface area contributed by atoms with E-state index in [9.17, 15) is 4.79 Å². The summed E-state index contributed by atoms with van der Waals surface area (Å²) >= 11 is 0. The average Bonchev–Trinajstić information content (AvgIpc) is 2.61. The van der Waals surface area contributed by atoms with Gasteiger partial charge in [0.15, 0.2) is 0 Å². The second-order valence-corrected chi connectivity index (χ2v) is 6.12. The molecule has 1 atom stereocenters. The summed E-state index contributed by atoms with van der Waals surface area (Å²) in [6, 6.07) is 19.7. The number of carbonyl (C=O) groups is 1. The molecule has 0 heterocycles. The molecule has 0 fully saturated rings. The van der Waals surface area contributed by atoms with Gasteiger partial charge < -0.3 is 9.64 Å². The van der Waals surface area contributed by atoms with Crippen molar-refractivity contribution >= 4 is 6.41 Å². The van der Waals surface area contributed by atoms with Crippen LogP contribution in [0.25, 0.3) is 0 Å². The maximum Gasteiger partial charge on any atom is 0.210 e. The van der Waals surface area contributed by atoms with Gasteiger partial charge in [0.1, 0.15) is 6.10 Å². The van der Waals surface area contributed by atoms with Crippen LogP contribution in [-0.4, -0.2) is 30.1 Å². The number of amides is 1. The third-order valence-corrected chi connectivity index (χ3v) is 4.06. The average molecular weight is 321 g/mol. The van der Waals surface area contributed by atoms with Crippen molar-refractivity contribution in [2.45, 2.75) is 32.0 Å². The summed E-state index contributed by atoms with van der Waals surface area (Å²) < 4.78 is 5.58. The third-order valence-electron chi connectivity index (χ3n) is 4.06. The molecular formula is C21H23NO2. The van der Waals surface area contributed by atoms with Gasteiger partial charge in [-0.15, -0.1) is 0 Å². The SMILES string of the molecule is COC(C#Cc1ccccc1)C(C)(C)N(C=O)Cc1ccccc1. The number of carbonyl (C=O) groups excluding carboxylic acids is 1. The number of hydrogen-bond donors (Lipinski definition) is 0. The van der Waals surface area contributed by atoms with Crippen molar-refractivity contribution in [2.75, 3.05) is 7.11 Å². The van der Waals surface area contributed by atoms with E-state index in [1.807, 2.05) is 74.5 Å². The van der Waals surface area contributed by atoms with Crippen LogP contribution in [0.3, 0.4) is 0 Å². The smallest absolute Gasteiger partial charge is 0.210 e. The van der Waals surface area contributed by atoms with Crippen LogP contribution in [0.2, 0.25) is 0 Å². The summed E-state index contributed by atoms with van der Waals surface area (Å²) in [4.78, 5) is 13.4. The van der Waals surface area contributed by atoms with Gasteiger partial charge in [0.25, 0.3) is 0 Å². The zero-order chi connectivity index (χ0) is 17.4. The Labute approximate surface area is 144 Å². The molecule has 2 rings (SSSR count). The highest BCUT2D eigenvalue weighted by molar-refractivity contribution is 5.50. The van der Waals surface area contributed by atoms with Crippen molar-refractivity contribution in [3.63, 3.8) is 0 Å². The van der Waals surface area contributed by atoms with Crippen LogP contribution < -0.4 is 0 Å². The molecule has 0 saturated heterocycles. The normalized spacial score (nSPS) is 12.0. The molecule has 0 aliphatic heterocycles. The molecule has 0 spiro atoms. The number of methoxy groups -OCH3 is 1. The van der Waals surface area contributed by atoms with Gasteiger partial charge in [-0.05, 0) is 31.5 Å². The molecule has 0 radical (unpaired) electrons. The number of ether oxygens (including phenoxy) is 1. The van der Waals surface area contributed by atoms with Crippen LogP contribution in [0.1, 0.15) is 25.0 Å². The van der Waals surface area contributed by atoms with E-state index in [0.29, 0.717) is 6.54 Å². The summed E-state index contributed by atoms with van der Waals surface area (Å²) in [7, 11) is 1.62. The number of rotatable bonds is 6. The van der Waals surface area contributed by atoms with Crippen molar-refractivity contribution < 1.29 is 9.53 Å². The lowest BCUT2D eigenvalue weighted by Crippen LogP contribution is -2.51. The molecule has 1 amide bonds. The van der Waals surface area contributed by atoms with E-state index in [0.717, 1.165) is 17.5 Å². The third kappa shape index (κ3) is 4.47. The lowest BCUT2D eigenvalue weighted by molar-refractivity contribution is -0.127. The molecule has 0 aromatic heterocycles. The van der Waals surface area contributed by atoms with E-state index in [-0.39, 0.29) is 0 Å². The first-order valence-corrected chi connectivity index (χ1v) is 7.93. The van der Waals surface area contributed by atoms with E-state index in [2.05, 4.69) is 11.8 Å². The van der Waals surface area contributed by atoms with Crippen molar-refractivity contribution in [1.29, 1.82) is 0 Å². The van der Waals surface area contributed by atoms with Crippen molar-refractivity contribution in [2.24, 2.45) is 0 Å². The Morgan fingerprint density at radius 2 is 1.67 bits per heavy atom. The Morgan fingerprint density at radius 1 is 1.08 bits per heavy atom. The minimum Gasteiger partial charge on any atom is -0.366 e. The lowest BCUT2D eigenvalue weighted by atomic mass is 9.94. The quantitative estimate of drug-likeness (QED) is 0.602. The summed E-state index contributed by atoms with van der Waals surface area (Å²) in [6.07, 6.45) is 0.468. The highest BCUT2D eigenvalue weighted by Gasteiger charge is 2.34. The highest BCUT2D eigenvalue weighted by atomic mass is 16.5. The molecule has 3 nitrogen and oxygen atoms in total. The Morgan fingerprint density at radius 3 is 2.21 bits per heavy atom. The van der Waals surface area contributed by atoms with Gasteiger partial charge in [0.2, 0.25) is 6.41 Å². The number of hydrogen-bond acceptors (Lipinski definition) is 2. The minimum absolute atomic E-state index is 0.397. The maximum absolute atomic E-state index is 11.7. The molecule has 0 aliphatic carbocycles. The predicted molar refractivity (Wildman–Crippen MR) is 96.2 cm³/mol. The van der Waals surface area contributed by atoms with Crippen LogP contribution in [-0.2, 0) is 16.1 Å². The first-order chi connectivity index (χ1) is 11.6. The molecule has 2 aromatic carbocycles. The molecular weight excluding hydrogens is 298 g/mol. The standard InChI is InChI=1S/C21H23NO2/c1-21(2,22(17-23)16-19-12-8-5-9-13-19)20(24-3)15-14-18-10-6-4-7-11-18/h4-13,17,20H,16H2,1-3H3. The summed E-state index contributed by atoms with van der Waals surface area (Å²) in [5.41, 5.74) is 1.44. The van der Waals surface area contributed by atoms with Gasteiger partial charge in [-0.2, -0.15) is 0 Å². The molecule has 0 aliphatic rings. The molecule has 0 N–H and O–H groups in total. The molecule has 124 valence electrons. The molecule has 1 unspecified atom stereocenters. The fourth-order valence-corrected chi connectivity index (χ4v) is 2.50. The number of nitrogens with zero attached hydrogens (tertiary/aromatic N) is 1. The monoisotopic (exact) mass is 321 g/mol. The first kappa shape index (κ1) is 17.8. The van der Waals surface area contributed by atoms with Crippen molar-refractivity contribution in [1.82, 2.24) is 4.90 Å².